The van der Waals surface area contributed by atoms with Crippen molar-refractivity contribution in [3.8, 4) is 0 Å². The van der Waals surface area contributed by atoms with Gasteiger partial charge in [-0.3, -0.25) is 0 Å². The highest BCUT2D eigenvalue weighted by Gasteiger charge is 2.17. The summed E-state index contributed by atoms with van der Waals surface area (Å²) in [5.74, 6) is 0.457. The summed E-state index contributed by atoms with van der Waals surface area (Å²) in [6.07, 6.45) is -1.23. The molecule has 8 heteroatoms. The van der Waals surface area contributed by atoms with Gasteiger partial charge in [0.25, 0.3) is 0 Å². The zero-order valence-corrected chi connectivity index (χ0v) is 12.5. The fourth-order valence-corrected chi connectivity index (χ4v) is 1.65. The van der Waals surface area contributed by atoms with Crippen molar-refractivity contribution in [2.24, 2.45) is 0 Å². The van der Waals surface area contributed by atoms with E-state index in [0.717, 1.165) is 0 Å². The maximum absolute atomic E-state index is 11.6. The topological polar surface area (TPSA) is 102 Å². The number of hydrogen-bond acceptors (Lipinski definition) is 6. The molecule has 2 rings (SSSR count). The van der Waals surface area contributed by atoms with E-state index in [1.54, 1.807) is 39.8 Å². The van der Waals surface area contributed by atoms with Gasteiger partial charge in [-0.1, -0.05) is 0 Å². The number of hydrogen-bond donors (Lipinski definition) is 2. The molecule has 0 spiro atoms. The molecule has 0 radical (unpaired) electrons. The summed E-state index contributed by atoms with van der Waals surface area (Å²) in [4.78, 5) is 11.6. The average molecular weight is 293 g/mol. The van der Waals surface area contributed by atoms with Gasteiger partial charge >= 0.3 is 6.09 Å². The second-order valence-electron chi connectivity index (χ2n) is 5.68. The average Bonchev–Trinajstić information content (AvgIpc) is 2.76. The van der Waals surface area contributed by atoms with Crippen molar-refractivity contribution < 1.29 is 14.6 Å². The molecule has 1 amide bonds. The summed E-state index contributed by atoms with van der Waals surface area (Å²) >= 11 is 0. The molecule has 21 heavy (non-hydrogen) atoms. The Labute approximate surface area is 122 Å². The third-order valence-corrected chi connectivity index (χ3v) is 2.57. The maximum atomic E-state index is 11.6. The van der Waals surface area contributed by atoms with Crippen molar-refractivity contribution in [2.45, 2.75) is 45.9 Å². The van der Waals surface area contributed by atoms with Gasteiger partial charge in [0.05, 0.1) is 18.3 Å². The van der Waals surface area contributed by atoms with Crippen LogP contribution in [0.25, 0.3) is 5.65 Å². The Hall–Kier alpha value is -2.22. The molecule has 0 saturated carbocycles. The normalized spacial score (nSPS) is 13.2. The molecule has 0 aromatic carbocycles. The van der Waals surface area contributed by atoms with E-state index in [-0.39, 0.29) is 6.54 Å². The largest absolute Gasteiger partial charge is 0.444 e. The van der Waals surface area contributed by atoms with Crippen LogP contribution in [0.2, 0.25) is 0 Å². The van der Waals surface area contributed by atoms with Crippen LogP contribution in [0.4, 0.5) is 4.79 Å². The van der Waals surface area contributed by atoms with E-state index in [0.29, 0.717) is 17.2 Å². The number of amides is 1. The SMILES string of the molecule is C[C@@H](O)c1ccc2nnc(CNC(=O)OC(C)(C)C)n2n1. The van der Waals surface area contributed by atoms with Crippen LogP contribution < -0.4 is 5.32 Å². The number of aliphatic hydroxyl groups excluding tert-OH is 1. The van der Waals surface area contributed by atoms with Gasteiger partial charge in [0.2, 0.25) is 0 Å². The number of ether oxygens (including phenoxy) is 1. The zero-order chi connectivity index (χ0) is 15.6. The number of aromatic nitrogens is 4. The minimum atomic E-state index is -0.691. The lowest BCUT2D eigenvalue weighted by molar-refractivity contribution is 0.0522. The van der Waals surface area contributed by atoms with E-state index in [1.165, 1.54) is 4.52 Å². The molecule has 0 saturated heterocycles. The predicted molar refractivity (Wildman–Crippen MR) is 74.5 cm³/mol. The highest BCUT2D eigenvalue weighted by Crippen LogP contribution is 2.10. The molecule has 0 unspecified atom stereocenters. The molecular weight excluding hydrogens is 274 g/mol. The Balaban J connectivity index is 2.12. The first kappa shape index (κ1) is 15.2. The van der Waals surface area contributed by atoms with Crippen molar-refractivity contribution in [1.82, 2.24) is 25.1 Å². The van der Waals surface area contributed by atoms with Crippen LogP contribution in [0.5, 0.6) is 0 Å². The summed E-state index contributed by atoms with van der Waals surface area (Å²) in [5, 5.41) is 24.3. The lowest BCUT2D eigenvalue weighted by Crippen LogP contribution is -2.32. The number of aliphatic hydroxyl groups is 1. The van der Waals surface area contributed by atoms with E-state index < -0.39 is 17.8 Å². The van der Waals surface area contributed by atoms with E-state index in [4.69, 9.17) is 4.74 Å². The van der Waals surface area contributed by atoms with Crippen LogP contribution in [-0.2, 0) is 11.3 Å². The first-order valence-electron chi connectivity index (χ1n) is 6.62. The smallest absolute Gasteiger partial charge is 0.408 e. The Kier molecular flexibility index (Phi) is 4.08. The monoisotopic (exact) mass is 293 g/mol. The third kappa shape index (κ3) is 3.88. The molecule has 1 atom stereocenters. The summed E-state index contributed by atoms with van der Waals surface area (Å²) in [6.45, 7) is 7.12. The minimum absolute atomic E-state index is 0.131. The van der Waals surface area contributed by atoms with Gasteiger partial charge in [0.15, 0.2) is 11.5 Å². The van der Waals surface area contributed by atoms with Gasteiger partial charge in [-0.15, -0.1) is 10.2 Å². The van der Waals surface area contributed by atoms with Gasteiger partial charge in [0, 0.05) is 0 Å². The highest BCUT2D eigenvalue weighted by atomic mass is 16.6. The van der Waals surface area contributed by atoms with Crippen molar-refractivity contribution in [2.75, 3.05) is 0 Å². The van der Waals surface area contributed by atoms with Gasteiger partial charge in [-0.2, -0.15) is 9.61 Å². The standard InChI is InChI=1S/C13H19N5O3/c1-8(19)9-5-6-10-15-16-11(18(10)17-9)7-14-12(20)21-13(2,3)4/h5-6,8,19H,7H2,1-4H3,(H,14,20)/t8-/m1/s1. The van der Waals surface area contributed by atoms with Crippen LogP contribution in [0.15, 0.2) is 12.1 Å². The minimum Gasteiger partial charge on any atom is -0.444 e. The number of rotatable bonds is 3. The molecule has 0 aliphatic rings. The van der Waals surface area contributed by atoms with Crippen molar-refractivity contribution >= 4 is 11.7 Å². The second-order valence-corrected chi connectivity index (χ2v) is 5.68. The zero-order valence-electron chi connectivity index (χ0n) is 12.5. The third-order valence-electron chi connectivity index (χ3n) is 2.57. The maximum Gasteiger partial charge on any atom is 0.408 e. The Morgan fingerprint density at radius 3 is 2.76 bits per heavy atom. The van der Waals surface area contributed by atoms with E-state index in [9.17, 15) is 9.90 Å². The molecule has 0 bridgehead atoms. The Bertz CT molecular complexity index is 645. The fraction of sp³-hybridized carbons (Fsp3) is 0.538. The van der Waals surface area contributed by atoms with Crippen molar-refractivity contribution in [1.29, 1.82) is 0 Å². The quantitative estimate of drug-likeness (QED) is 0.881. The van der Waals surface area contributed by atoms with E-state index in [1.807, 2.05) is 0 Å². The Morgan fingerprint density at radius 2 is 2.14 bits per heavy atom. The van der Waals surface area contributed by atoms with Gasteiger partial charge in [0.1, 0.15) is 5.60 Å². The van der Waals surface area contributed by atoms with Gasteiger partial charge in [-0.05, 0) is 39.8 Å². The summed E-state index contributed by atoms with van der Waals surface area (Å²) in [7, 11) is 0. The molecule has 0 aliphatic carbocycles. The molecule has 0 aliphatic heterocycles. The highest BCUT2D eigenvalue weighted by molar-refractivity contribution is 5.67. The first-order valence-corrected chi connectivity index (χ1v) is 6.62. The molecule has 2 aromatic rings. The van der Waals surface area contributed by atoms with Crippen LogP contribution in [0, 0.1) is 0 Å². The molecule has 2 aromatic heterocycles. The van der Waals surface area contributed by atoms with Crippen LogP contribution >= 0.6 is 0 Å². The summed E-state index contributed by atoms with van der Waals surface area (Å²) in [5.41, 5.74) is 0.482. The van der Waals surface area contributed by atoms with Crippen LogP contribution in [-0.4, -0.2) is 36.6 Å². The molecule has 114 valence electrons. The number of fused-ring (bicyclic) bond motifs is 1. The second kappa shape index (κ2) is 5.65. The number of carbonyl (C=O) groups excluding carboxylic acids is 1. The molecule has 0 fully saturated rings. The lowest BCUT2D eigenvalue weighted by Gasteiger charge is -2.19. The first-order chi connectivity index (χ1) is 9.76. The number of nitrogens with one attached hydrogen (secondary N) is 1. The number of carbonyl (C=O) groups is 1. The fourth-order valence-electron chi connectivity index (χ4n) is 1.65. The predicted octanol–water partition coefficient (Wildman–Crippen LogP) is 1.20. The molecule has 8 nitrogen and oxygen atoms in total. The molecular formula is C13H19N5O3. The van der Waals surface area contributed by atoms with E-state index >= 15 is 0 Å². The molecule has 2 N–H and O–H groups in total. The Morgan fingerprint density at radius 1 is 1.43 bits per heavy atom. The molecule has 2 heterocycles. The number of alkyl carbamates (subject to hydrolysis) is 1. The van der Waals surface area contributed by atoms with Crippen molar-refractivity contribution in [3.05, 3.63) is 23.7 Å². The summed E-state index contributed by atoms with van der Waals surface area (Å²) < 4.78 is 6.63. The van der Waals surface area contributed by atoms with E-state index in [2.05, 4.69) is 20.6 Å². The lowest BCUT2D eigenvalue weighted by atomic mass is 10.2. The van der Waals surface area contributed by atoms with Gasteiger partial charge in [-0.25, -0.2) is 4.79 Å². The van der Waals surface area contributed by atoms with Crippen LogP contribution in [0.1, 0.15) is 45.3 Å². The van der Waals surface area contributed by atoms with Crippen molar-refractivity contribution in [3.63, 3.8) is 0 Å². The summed E-state index contributed by atoms with van der Waals surface area (Å²) in [6, 6.07) is 3.39. The number of nitrogens with zero attached hydrogens (tertiary/aromatic N) is 4. The van der Waals surface area contributed by atoms with Crippen LogP contribution in [0.3, 0.4) is 0 Å². The van der Waals surface area contributed by atoms with Gasteiger partial charge < -0.3 is 15.2 Å².